The van der Waals surface area contributed by atoms with Gasteiger partial charge in [-0.05, 0) is 38.1 Å². The summed E-state index contributed by atoms with van der Waals surface area (Å²) in [6.07, 6.45) is 27.9. The Morgan fingerprint density at radius 2 is 1.19 bits per heavy atom. The van der Waals surface area contributed by atoms with Crippen molar-refractivity contribution >= 4 is 5.91 Å². The predicted molar refractivity (Wildman–Crippen MR) is 180 cm³/mol. The molecule has 1 unspecified atom stereocenters. The molecule has 3 N–H and O–H groups in total. The molecule has 0 spiro atoms. The van der Waals surface area contributed by atoms with Crippen LogP contribution in [0.4, 0.5) is 0 Å². The number of aliphatic hydroxyl groups is 2. The van der Waals surface area contributed by atoms with Crippen molar-refractivity contribution in [1.82, 2.24) is 10.2 Å². The van der Waals surface area contributed by atoms with Crippen LogP contribution in [0.5, 0.6) is 0 Å². The van der Waals surface area contributed by atoms with Gasteiger partial charge >= 0.3 is 0 Å². The van der Waals surface area contributed by atoms with Crippen molar-refractivity contribution < 1.29 is 19.7 Å². The van der Waals surface area contributed by atoms with Crippen molar-refractivity contribution in [3.8, 4) is 0 Å². The first-order chi connectivity index (χ1) is 20.5. The quantitative estimate of drug-likeness (QED) is 0.0648. The van der Waals surface area contributed by atoms with E-state index in [1.54, 1.807) is 0 Å². The first-order valence-electron chi connectivity index (χ1n) is 18.3. The molecular weight excluding hydrogens is 524 g/mol. The summed E-state index contributed by atoms with van der Waals surface area (Å²) in [5, 5.41) is 22.3. The van der Waals surface area contributed by atoms with Crippen LogP contribution in [0.1, 0.15) is 168 Å². The van der Waals surface area contributed by atoms with E-state index >= 15 is 0 Å². The summed E-state index contributed by atoms with van der Waals surface area (Å²) in [6.45, 7) is 11.0. The number of nitrogens with zero attached hydrogens (tertiary/aromatic N) is 1. The fourth-order valence-electron chi connectivity index (χ4n) is 5.53. The molecule has 1 amide bonds. The number of carbonyl (C=O) groups excluding carboxylic acids is 1. The average Bonchev–Trinajstić information content (AvgIpc) is 2.97. The molecule has 1 atom stereocenters. The van der Waals surface area contributed by atoms with Crippen LogP contribution in [0.15, 0.2) is 0 Å². The molecule has 6 nitrogen and oxygen atoms in total. The molecular formula is C36H74N2O4. The molecule has 6 heteroatoms. The minimum Gasteiger partial charge on any atom is -0.394 e. The van der Waals surface area contributed by atoms with E-state index in [9.17, 15) is 15.0 Å². The normalized spacial score (nSPS) is 12.5. The Kier molecular flexibility index (Phi) is 32.7. The lowest BCUT2D eigenvalue weighted by Gasteiger charge is -2.24. The molecule has 42 heavy (non-hydrogen) atoms. The molecule has 0 saturated heterocycles. The van der Waals surface area contributed by atoms with E-state index in [-0.39, 0.29) is 12.5 Å². The summed E-state index contributed by atoms with van der Waals surface area (Å²) < 4.78 is 5.85. The van der Waals surface area contributed by atoms with Gasteiger partial charge in [-0.2, -0.15) is 0 Å². The topological polar surface area (TPSA) is 82.0 Å². The number of hydrogen-bond donors (Lipinski definition) is 3. The monoisotopic (exact) mass is 599 g/mol. The van der Waals surface area contributed by atoms with E-state index in [0.29, 0.717) is 19.5 Å². The predicted octanol–water partition coefficient (Wildman–Crippen LogP) is 8.42. The van der Waals surface area contributed by atoms with Crippen LogP contribution < -0.4 is 5.32 Å². The highest BCUT2D eigenvalue weighted by molar-refractivity contribution is 5.75. The molecule has 0 aliphatic heterocycles. The highest BCUT2D eigenvalue weighted by Gasteiger charge is 2.11. The minimum absolute atomic E-state index is 0.155. The maximum absolute atomic E-state index is 12.2. The lowest BCUT2D eigenvalue weighted by molar-refractivity contribution is -0.121. The van der Waals surface area contributed by atoms with Crippen molar-refractivity contribution in [2.45, 2.75) is 175 Å². The second-order valence-corrected chi connectivity index (χ2v) is 13.1. The largest absolute Gasteiger partial charge is 0.394 e. The Balaban J connectivity index is 3.70. The lowest BCUT2D eigenvalue weighted by Crippen LogP contribution is -2.37. The maximum Gasteiger partial charge on any atom is 0.219 e. The van der Waals surface area contributed by atoms with E-state index in [0.717, 1.165) is 64.3 Å². The molecule has 0 aliphatic rings. The molecule has 0 aliphatic carbocycles. The van der Waals surface area contributed by atoms with Crippen LogP contribution in [-0.2, 0) is 9.53 Å². The molecule has 0 heterocycles. The summed E-state index contributed by atoms with van der Waals surface area (Å²) in [6, 6.07) is 0. The summed E-state index contributed by atoms with van der Waals surface area (Å²) in [7, 11) is 0. The van der Waals surface area contributed by atoms with E-state index in [1.807, 2.05) is 0 Å². The summed E-state index contributed by atoms with van der Waals surface area (Å²) in [4.78, 5) is 14.4. The summed E-state index contributed by atoms with van der Waals surface area (Å²) in [5.41, 5.74) is 0. The molecule has 0 aromatic heterocycles. The molecule has 0 fully saturated rings. The van der Waals surface area contributed by atoms with Crippen LogP contribution in [0.25, 0.3) is 0 Å². The van der Waals surface area contributed by atoms with Crippen LogP contribution in [0.2, 0.25) is 0 Å². The van der Waals surface area contributed by atoms with Gasteiger partial charge in [0, 0.05) is 39.3 Å². The fraction of sp³-hybridized carbons (Fsp3) is 0.972. The minimum atomic E-state index is -0.725. The van der Waals surface area contributed by atoms with Gasteiger partial charge in [-0.3, -0.25) is 4.79 Å². The van der Waals surface area contributed by atoms with Gasteiger partial charge in [0.05, 0.1) is 12.7 Å². The number of aliphatic hydroxyl groups excluding tert-OH is 2. The number of nitrogens with one attached hydrogen (secondary N) is 1. The van der Waals surface area contributed by atoms with Gasteiger partial charge in [-0.15, -0.1) is 0 Å². The van der Waals surface area contributed by atoms with Crippen molar-refractivity contribution in [3.63, 3.8) is 0 Å². The van der Waals surface area contributed by atoms with E-state index < -0.39 is 6.10 Å². The second kappa shape index (κ2) is 33.2. The van der Waals surface area contributed by atoms with Gasteiger partial charge in [0.15, 0.2) is 0 Å². The smallest absolute Gasteiger partial charge is 0.219 e. The average molecular weight is 599 g/mol. The SMILES string of the molecule is CCCCCCCCCCCCCC(=O)NCCCN(CCCOCCCCCCCCCCC(C)C)CC(O)CO. The molecule has 0 bridgehead atoms. The lowest BCUT2D eigenvalue weighted by atomic mass is 10.0. The highest BCUT2D eigenvalue weighted by atomic mass is 16.5. The van der Waals surface area contributed by atoms with E-state index in [2.05, 4.69) is 31.0 Å². The van der Waals surface area contributed by atoms with E-state index in [1.165, 1.54) is 109 Å². The molecule has 0 aromatic rings. The van der Waals surface area contributed by atoms with Gasteiger partial charge < -0.3 is 25.2 Å². The number of ether oxygens (including phenoxy) is 1. The Morgan fingerprint density at radius 1 is 0.690 bits per heavy atom. The van der Waals surface area contributed by atoms with Crippen molar-refractivity contribution in [2.24, 2.45) is 5.92 Å². The number of unbranched alkanes of at least 4 members (excludes halogenated alkanes) is 17. The zero-order valence-corrected chi connectivity index (χ0v) is 28.5. The zero-order chi connectivity index (χ0) is 30.9. The van der Waals surface area contributed by atoms with Crippen molar-refractivity contribution in [1.29, 1.82) is 0 Å². The van der Waals surface area contributed by atoms with Crippen LogP contribution in [0.3, 0.4) is 0 Å². The van der Waals surface area contributed by atoms with Gasteiger partial charge in [0.1, 0.15) is 0 Å². The second-order valence-electron chi connectivity index (χ2n) is 13.1. The first kappa shape index (κ1) is 41.3. The third kappa shape index (κ3) is 32.2. The number of carbonyl (C=O) groups is 1. The van der Waals surface area contributed by atoms with Gasteiger partial charge in [0.2, 0.25) is 5.91 Å². The van der Waals surface area contributed by atoms with Crippen LogP contribution >= 0.6 is 0 Å². The molecule has 0 radical (unpaired) electrons. The highest BCUT2D eigenvalue weighted by Crippen LogP contribution is 2.13. The number of rotatable bonds is 34. The third-order valence-corrected chi connectivity index (χ3v) is 8.24. The molecule has 0 aromatic carbocycles. The van der Waals surface area contributed by atoms with Gasteiger partial charge in [-0.25, -0.2) is 0 Å². The summed E-state index contributed by atoms with van der Waals surface area (Å²) in [5.74, 6) is 0.996. The first-order valence-corrected chi connectivity index (χ1v) is 18.3. The zero-order valence-electron chi connectivity index (χ0n) is 28.5. The Bertz CT molecular complexity index is 546. The third-order valence-electron chi connectivity index (χ3n) is 8.24. The number of hydrogen-bond acceptors (Lipinski definition) is 5. The molecule has 0 rings (SSSR count). The Labute approximate surface area is 262 Å². The van der Waals surface area contributed by atoms with Crippen molar-refractivity contribution in [2.75, 3.05) is 46.0 Å². The van der Waals surface area contributed by atoms with Crippen molar-refractivity contribution in [3.05, 3.63) is 0 Å². The van der Waals surface area contributed by atoms with E-state index in [4.69, 9.17) is 4.74 Å². The van der Waals surface area contributed by atoms with Crippen LogP contribution in [-0.4, -0.2) is 73.1 Å². The Morgan fingerprint density at radius 3 is 1.76 bits per heavy atom. The van der Waals surface area contributed by atoms with Crippen LogP contribution in [0, 0.1) is 5.92 Å². The maximum atomic E-state index is 12.2. The van der Waals surface area contributed by atoms with Gasteiger partial charge in [0.25, 0.3) is 0 Å². The number of amides is 1. The summed E-state index contributed by atoms with van der Waals surface area (Å²) >= 11 is 0. The molecule has 252 valence electrons. The molecule has 0 saturated carbocycles. The Hall–Kier alpha value is -0.690. The fourth-order valence-corrected chi connectivity index (χ4v) is 5.53. The standard InChI is InChI=1S/C36H74N2O4/c1-4-5-6-7-8-9-10-11-15-18-21-26-36(41)37-27-23-28-38(32-35(40)33-39)29-24-31-42-30-22-19-16-13-12-14-17-20-25-34(2)3/h34-35,39-40H,4-33H2,1-3H3,(H,37,41). The van der Waals surface area contributed by atoms with Gasteiger partial charge in [-0.1, -0.05) is 136 Å².